The second-order valence-corrected chi connectivity index (χ2v) is 5.13. The number of rotatable bonds is 6. The molecule has 0 aromatic heterocycles. The van der Waals surface area contributed by atoms with Crippen LogP contribution in [-0.4, -0.2) is 12.3 Å². The molecule has 0 saturated heterocycles. The van der Waals surface area contributed by atoms with Gasteiger partial charge in [-0.2, -0.15) is 0 Å². The van der Waals surface area contributed by atoms with E-state index in [1.807, 2.05) is 11.8 Å². The quantitative estimate of drug-likeness (QED) is 0.723. The molecule has 0 radical (unpaired) electrons. The lowest BCUT2D eigenvalue weighted by molar-refractivity contribution is 0.593. The van der Waals surface area contributed by atoms with Crippen molar-refractivity contribution in [3.8, 4) is 0 Å². The molecule has 2 heteroatoms. The molecule has 1 N–H and O–H groups in total. The molecule has 0 amide bonds. The van der Waals surface area contributed by atoms with Crippen LogP contribution in [0.1, 0.15) is 27.2 Å². The lowest BCUT2D eigenvalue weighted by Crippen LogP contribution is -2.10. The van der Waals surface area contributed by atoms with Gasteiger partial charge in [0.15, 0.2) is 0 Å². The summed E-state index contributed by atoms with van der Waals surface area (Å²) in [5.41, 5.74) is 1.28. The highest BCUT2D eigenvalue weighted by molar-refractivity contribution is 7.99. The third kappa shape index (κ3) is 4.17. The fraction of sp³-hybridized carbons (Fsp3) is 0.538. The van der Waals surface area contributed by atoms with E-state index in [2.05, 4.69) is 50.4 Å². The highest BCUT2D eigenvalue weighted by Gasteiger charge is 2.02. The van der Waals surface area contributed by atoms with Gasteiger partial charge in [-0.1, -0.05) is 39.3 Å². The highest BCUT2D eigenvalue weighted by Crippen LogP contribution is 2.26. The summed E-state index contributed by atoms with van der Waals surface area (Å²) in [6, 6.07) is 8.55. The molecule has 15 heavy (non-hydrogen) atoms. The Balaban J connectivity index is 2.58. The van der Waals surface area contributed by atoms with Crippen molar-refractivity contribution >= 4 is 17.4 Å². The van der Waals surface area contributed by atoms with Gasteiger partial charge in [-0.05, 0) is 23.8 Å². The summed E-state index contributed by atoms with van der Waals surface area (Å²) < 4.78 is 0. The topological polar surface area (TPSA) is 12.0 Å². The monoisotopic (exact) mass is 223 g/mol. The number of para-hydroxylation sites is 1. The molecule has 0 heterocycles. The Morgan fingerprint density at radius 3 is 2.67 bits per heavy atom. The van der Waals surface area contributed by atoms with E-state index in [-0.39, 0.29) is 0 Å². The predicted octanol–water partition coefficient (Wildman–Crippen LogP) is 4.26. The lowest BCUT2D eigenvalue weighted by Gasteiger charge is -2.14. The van der Waals surface area contributed by atoms with E-state index < -0.39 is 0 Å². The molecule has 1 unspecified atom stereocenters. The molecule has 1 aromatic rings. The number of hydrogen-bond donors (Lipinski definition) is 1. The van der Waals surface area contributed by atoms with Crippen molar-refractivity contribution in [3.63, 3.8) is 0 Å². The van der Waals surface area contributed by atoms with Crippen LogP contribution in [0.4, 0.5) is 5.69 Å². The van der Waals surface area contributed by atoms with Gasteiger partial charge in [-0.25, -0.2) is 0 Å². The van der Waals surface area contributed by atoms with Crippen LogP contribution in [0.25, 0.3) is 0 Å². The van der Waals surface area contributed by atoms with E-state index in [0.29, 0.717) is 0 Å². The van der Waals surface area contributed by atoms with E-state index in [9.17, 15) is 0 Å². The minimum atomic E-state index is 0.740. The Morgan fingerprint density at radius 2 is 2.00 bits per heavy atom. The third-order valence-electron chi connectivity index (χ3n) is 2.52. The van der Waals surface area contributed by atoms with Crippen LogP contribution in [0.5, 0.6) is 0 Å². The summed E-state index contributed by atoms with van der Waals surface area (Å²) >= 11 is 1.90. The van der Waals surface area contributed by atoms with Gasteiger partial charge in [-0.15, -0.1) is 11.8 Å². The Bertz CT molecular complexity index is 286. The first-order valence-corrected chi connectivity index (χ1v) is 6.72. The average molecular weight is 223 g/mol. The van der Waals surface area contributed by atoms with Crippen molar-refractivity contribution in [1.82, 2.24) is 0 Å². The van der Waals surface area contributed by atoms with Crippen LogP contribution >= 0.6 is 11.8 Å². The summed E-state index contributed by atoms with van der Waals surface area (Å²) in [7, 11) is 0. The Morgan fingerprint density at radius 1 is 1.27 bits per heavy atom. The molecule has 84 valence electrons. The zero-order chi connectivity index (χ0) is 11.1. The molecule has 0 aliphatic rings. The number of thioether (sulfide) groups is 1. The molecule has 0 bridgehead atoms. The summed E-state index contributed by atoms with van der Waals surface area (Å²) in [5, 5.41) is 3.53. The van der Waals surface area contributed by atoms with Crippen LogP contribution in [0.2, 0.25) is 0 Å². The summed E-state index contributed by atoms with van der Waals surface area (Å²) in [5.74, 6) is 1.87. The molecule has 0 aliphatic carbocycles. The van der Waals surface area contributed by atoms with E-state index in [1.165, 1.54) is 17.0 Å². The minimum absolute atomic E-state index is 0.740. The largest absolute Gasteiger partial charge is 0.384 e. The summed E-state index contributed by atoms with van der Waals surface area (Å²) in [6.07, 6.45) is 1.23. The predicted molar refractivity (Wildman–Crippen MR) is 70.8 cm³/mol. The van der Waals surface area contributed by atoms with Crippen molar-refractivity contribution < 1.29 is 0 Å². The van der Waals surface area contributed by atoms with Crippen LogP contribution in [0.15, 0.2) is 29.2 Å². The van der Waals surface area contributed by atoms with Crippen molar-refractivity contribution in [1.29, 1.82) is 0 Å². The molecule has 1 atom stereocenters. The van der Waals surface area contributed by atoms with Gasteiger partial charge in [0.2, 0.25) is 0 Å². The zero-order valence-electron chi connectivity index (χ0n) is 9.92. The SMILES string of the molecule is CCSc1ccccc1NCC(C)CC. The standard InChI is InChI=1S/C13H21NS/c1-4-11(3)10-14-12-8-6-7-9-13(12)15-5-2/h6-9,11,14H,4-5,10H2,1-3H3. The normalized spacial score (nSPS) is 12.5. The molecule has 1 rings (SSSR count). The van der Waals surface area contributed by atoms with Crippen molar-refractivity contribution in [3.05, 3.63) is 24.3 Å². The number of benzene rings is 1. The van der Waals surface area contributed by atoms with Crippen molar-refractivity contribution in [2.75, 3.05) is 17.6 Å². The average Bonchev–Trinajstić information content (AvgIpc) is 2.28. The van der Waals surface area contributed by atoms with Gasteiger partial charge >= 0.3 is 0 Å². The number of nitrogens with one attached hydrogen (secondary N) is 1. The Hall–Kier alpha value is -0.630. The molecular formula is C13H21NS. The number of hydrogen-bond acceptors (Lipinski definition) is 2. The number of anilines is 1. The van der Waals surface area contributed by atoms with Gasteiger partial charge in [0.25, 0.3) is 0 Å². The fourth-order valence-electron chi connectivity index (χ4n) is 1.32. The summed E-state index contributed by atoms with van der Waals surface area (Å²) in [6.45, 7) is 7.77. The first-order chi connectivity index (χ1) is 7.27. The zero-order valence-corrected chi connectivity index (χ0v) is 10.7. The van der Waals surface area contributed by atoms with E-state index in [4.69, 9.17) is 0 Å². The van der Waals surface area contributed by atoms with Crippen LogP contribution < -0.4 is 5.32 Å². The highest BCUT2D eigenvalue weighted by atomic mass is 32.2. The van der Waals surface area contributed by atoms with Gasteiger partial charge in [0.05, 0.1) is 0 Å². The molecule has 0 aliphatic heterocycles. The smallest absolute Gasteiger partial charge is 0.0478 e. The van der Waals surface area contributed by atoms with Gasteiger partial charge in [0.1, 0.15) is 0 Å². The van der Waals surface area contributed by atoms with Crippen LogP contribution in [0.3, 0.4) is 0 Å². The summed E-state index contributed by atoms with van der Waals surface area (Å²) in [4.78, 5) is 1.36. The maximum atomic E-state index is 3.53. The third-order valence-corrected chi connectivity index (χ3v) is 3.48. The second-order valence-electron chi connectivity index (χ2n) is 3.82. The molecule has 0 saturated carbocycles. The van der Waals surface area contributed by atoms with E-state index in [0.717, 1.165) is 18.2 Å². The van der Waals surface area contributed by atoms with E-state index >= 15 is 0 Å². The van der Waals surface area contributed by atoms with Gasteiger partial charge < -0.3 is 5.32 Å². The first kappa shape index (κ1) is 12.4. The molecule has 1 nitrogen and oxygen atoms in total. The van der Waals surface area contributed by atoms with Crippen molar-refractivity contribution in [2.45, 2.75) is 32.1 Å². The molecule has 0 fully saturated rings. The second kappa shape index (κ2) is 6.78. The van der Waals surface area contributed by atoms with E-state index in [1.54, 1.807) is 0 Å². The molecule has 1 aromatic carbocycles. The van der Waals surface area contributed by atoms with Crippen molar-refractivity contribution in [2.24, 2.45) is 5.92 Å². The minimum Gasteiger partial charge on any atom is -0.384 e. The molecular weight excluding hydrogens is 202 g/mol. The first-order valence-electron chi connectivity index (χ1n) is 5.73. The van der Waals surface area contributed by atoms with Crippen LogP contribution in [0, 0.1) is 5.92 Å². The maximum absolute atomic E-state index is 3.53. The van der Waals surface area contributed by atoms with Crippen LogP contribution in [-0.2, 0) is 0 Å². The Kier molecular flexibility index (Phi) is 5.62. The maximum Gasteiger partial charge on any atom is 0.0478 e. The fourth-order valence-corrected chi connectivity index (χ4v) is 2.10. The van der Waals surface area contributed by atoms with Gasteiger partial charge in [0, 0.05) is 17.1 Å². The Labute approximate surface area is 97.7 Å². The molecule has 0 spiro atoms. The van der Waals surface area contributed by atoms with Gasteiger partial charge in [-0.3, -0.25) is 0 Å². The lowest BCUT2D eigenvalue weighted by atomic mass is 10.1.